The minimum absolute atomic E-state index is 0.0916. The Balaban J connectivity index is 5.39. The van der Waals surface area contributed by atoms with Crippen LogP contribution in [0.2, 0.25) is 18.1 Å². The van der Waals surface area contributed by atoms with E-state index in [-0.39, 0.29) is 16.7 Å². The molecule has 0 aliphatic rings. The van der Waals surface area contributed by atoms with E-state index in [1.807, 2.05) is 6.08 Å². The third-order valence-electron chi connectivity index (χ3n) is 5.23. The summed E-state index contributed by atoms with van der Waals surface area (Å²) in [4.78, 5) is 23.5. The van der Waals surface area contributed by atoms with Gasteiger partial charge in [-0.1, -0.05) is 65.9 Å². The summed E-state index contributed by atoms with van der Waals surface area (Å²) < 4.78 is 16.0. The highest BCUT2D eigenvalue weighted by Crippen LogP contribution is 2.38. The van der Waals surface area contributed by atoms with Gasteiger partial charge in [-0.15, -0.1) is 0 Å². The number of unbranched alkanes of at least 4 members (excludes halogenated alkanes) is 4. The third kappa shape index (κ3) is 10.2. The Morgan fingerprint density at radius 1 is 1.00 bits per heavy atom. The molecular formula is C22H40O5Si. The second-order valence-corrected chi connectivity index (χ2v) is 13.3. The van der Waals surface area contributed by atoms with Gasteiger partial charge >= 0.3 is 11.9 Å². The number of hydrogen-bond acceptors (Lipinski definition) is 5. The molecule has 6 heteroatoms. The van der Waals surface area contributed by atoms with Gasteiger partial charge in [0.2, 0.25) is 0 Å². The zero-order valence-corrected chi connectivity index (χ0v) is 20.1. The number of rotatable bonds is 12. The smallest absolute Gasteiger partial charge is 0.338 e. The Morgan fingerprint density at radius 2 is 1.61 bits per heavy atom. The monoisotopic (exact) mass is 412 g/mol. The number of carbonyl (C=O) groups excluding carboxylic acids is 2. The number of carbonyl (C=O) groups is 2. The molecular weight excluding hydrogens is 372 g/mol. The van der Waals surface area contributed by atoms with Crippen LogP contribution in [0.4, 0.5) is 0 Å². The minimum atomic E-state index is -1.97. The highest BCUT2D eigenvalue weighted by atomic mass is 28.4. The van der Waals surface area contributed by atoms with Crippen molar-refractivity contribution in [3.05, 3.63) is 23.8 Å². The fourth-order valence-corrected chi connectivity index (χ4v) is 3.70. The van der Waals surface area contributed by atoms with Crippen molar-refractivity contribution < 1.29 is 23.5 Å². The van der Waals surface area contributed by atoms with Gasteiger partial charge in [0.25, 0.3) is 0 Å². The standard InChI is InChI=1S/C22H40O5Si/c1-9-10-11-12-13-14-19(27-28(7,8)22(2,3)4)16-15-18(21(24)26-6)17-20(23)25-5/h15-17,19H,9-14H2,1-8H3/b16-15+,18-17-/t19-/m0/s1. The van der Waals surface area contributed by atoms with Crippen LogP contribution in [0.25, 0.3) is 0 Å². The zero-order chi connectivity index (χ0) is 21.8. The first-order valence-corrected chi connectivity index (χ1v) is 13.1. The molecule has 1 atom stereocenters. The summed E-state index contributed by atoms with van der Waals surface area (Å²) in [6, 6.07) is 0. The topological polar surface area (TPSA) is 61.8 Å². The van der Waals surface area contributed by atoms with E-state index >= 15 is 0 Å². The molecule has 0 aromatic carbocycles. The maximum atomic E-state index is 12.0. The molecule has 0 saturated heterocycles. The normalized spacial score (nSPS) is 14.2. The molecule has 0 spiro atoms. The quantitative estimate of drug-likeness (QED) is 0.138. The first-order chi connectivity index (χ1) is 13.0. The Morgan fingerprint density at radius 3 is 2.11 bits per heavy atom. The molecule has 0 fully saturated rings. The SMILES string of the molecule is CCCCCCC[C@@H](/C=C/C(=C/C(=O)OC)C(=O)OC)O[Si](C)(C)C(C)(C)C. The van der Waals surface area contributed by atoms with Crippen molar-refractivity contribution in [2.45, 2.75) is 90.5 Å². The second-order valence-electron chi connectivity index (χ2n) is 8.59. The van der Waals surface area contributed by atoms with Gasteiger partial charge in [0.1, 0.15) is 0 Å². The van der Waals surface area contributed by atoms with E-state index in [0.29, 0.717) is 0 Å². The molecule has 162 valence electrons. The largest absolute Gasteiger partial charge is 0.466 e. The van der Waals surface area contributed by atoms with Crippen LogP contribution in [0.1, 0.15) is 66.2 Å². The molecule has 0 aromatic rings. The summed E-state index contributed by atoms with van der Waals surface area (Å²) in [7, 11) is 0.597. The van der Waals surface area contributed by atoms with E-state index in [2.05, 4.69) is 45.5 Å². The van der Waals surface area contributed by atoms with Crippen molar-refractivity contribution in [2.75, 3.05) is 14.2 Å². The van der Waals surface area contributed by atoms with Crippen molar-refractivity contribution >= 4 is 20.3 Å². The van der Waals surface area contributed by atoms with Gasteiger partial charge in [-0.2, -0.15) is 0 Å². The molecule has 0 amide bonds. The predicted molar refractivity (Wildman–Crippen MR) is 117 cm³/mol. The molecule has 0 radical (unpaired) electrons. The van der Waals surface area contributed by atoms with Crippen LogP contribution in [0.15, 0.2) is 23.8 Å². The first kappa shape index (κ1) is 26.6. The van der Waals surface area contributed by atoms with Gasteiger partial charge < -0.3 is 13.9 Å². The van der Waals surface area contributed by atoms with Crippen molar-refractivity contribution in [3.63, 3.8) is 0 Å². The van der Waals surface area contributed by atoms with Gasteiger partial charge in [-0.3, -0.25) is 0 Å². The summed E-state index contributed by atoms with van der Waals surface area (Å²) in [5.74, 6) is -1.16. The maximum absolute atomic E-state index is 12.0. The molecule has 0 aliphatic heterocycles. The van der Waals surface area contributed by atoms with E-state index in [1.165, 1.54) is 39.9 Å². The zero-order valence-electron chi connectivity index (χ0n) is 19.1. The van der Waals surface area contributed by atoms with Crippen LogP contribution < -0.4 is 0 Å². The van der Waals surface area contributed by atoms with Crippen molar-refractivity contribution in [3.8, 4) is 0 Å². The lowest BCUT2D eigenvalue weighted by atomic mass is 10.1. The molecule has 0 rings (SSSR count). The van der Waals surface area contributed by atoms with Crippen LogP contribution in [0.3, 0.4) is 0 Å². The fraction of sp³-hybridized carbons (Fsp3) is 0.727. The van der Waals surface area contributed by atoms with E-state index in [1.54, 1.807) is 6.08 Å². The number of esters is 2. The Hall–Kier alpha value is -1.40. The lowest BCUT2D eigenvalue weighted by Gasteiger charge is -2.38. The van der Waals surface area contributed by atoms with Crippen LogP contribution in [0, 0.1) is 0 Å². The number of hydrogen-bond donors (Lipinski definition) is 0. The van der Waals surface area contributed by atoms with Gasteiger partial charge in [0.15, 0.2) is 8.32 Å². The number of methoxy groups -OCH3 is 2. The highest BCUT2D eigenvalue weighted by molar-refractivity contribution is 6.74. The highest BCUT2D eigenvalue weighted by Gasteiger charge is 2.38. The van der Waals surface area contributed by atoms with Crippen molar-refractivity contribution in [1.82, 2.24) is 0 Å². The molecule has 0 N–H and O–H groups in total. The summed E-state index contributed by atoms with van der Waals surface area (Å²) >= 11 is 0. The lowest BCUT2D eigenvalue weighted by molar-refractivity contribution is -0.138. The Bertz CT molecular complexity index is 544. The minimum Gasteiger partial charge on any atom is -0.466 e. The molecule has 5 nitrogen and oxygen atoms in total. The average Bonchev–Trinajstić information content (AvgIpc) is 2.62. The molecule has 28 heavy (non-hydrogen) atoms. The molecule has 0 unspecified atom stereocenters. The van der Waals surface area contributed by atoms with Gasteiger partial charge in [-0.25, -0.2) is 9.59 Å². The summed E-state index contributed by atoms with van der Waals surface area (Å²) in [5.41, 5.74) is 0.157. The molecule has 0 saturated carbocycles. The molecule has 0 bridgehead atoms. The Labute approximate surface area is 172 Å². The van der Waals surface area contributed by atoms with Crippen molar-refractivity contribution in [2.24, 2.45) is 0 Å². The summed E-state index contributed by atoms with van der Waals surface area (Å²) in [6.45, 7) is 13.3. The van der Waals surface area contributed by atoms with Crippen molar-refractivity contribution in [1.29, 1.82) is 0 Å². The van der Waals surface area contributed by atoms with E-state index in [0.717, 1.165) is 18.9 Å². The summed E-state index contributed by atoms with van der Waals surface area (Å²) in [5, 5.41) is 0.0916. The fourth-order valence-electron chi connectivity index (χ4n) is 2.39. The predicted octanol–water partition coefficient (Wildman–Crippen LogP) is 5.57. The lowest BCUT2D eigenvalue weighted by Crippen LogP contribution is -2.43. The molecule has 0 aromatic heterocycles. The van der Waals surface area contributed by atoms with E-state index in [4.69, 9.17) is 9.16 Å². The van der Waals surface area contributed by atoms with Gasteiger partial charge in [0.05, 0.1) is 25.9 Å². The number of ether oxygens (including phenoxy) is 2. The van der Waals surface area contributed by atoms with Crippen LogP contribution in [-0.4, -0.2) is 40.6 Å². The van der Waals surface area contributed by atoms with Gasteiger partial charge in [0, 0.05) is 6.08 Å². The first-order valence-electron chi connectivity index (χ1n) is 10.2. The van der Waals surface area contributed by atoms with Crippen LogP contribution in [0.5, 0.6) is 0 Å². The molecule has 0 aliphatic carbocycles. The summed E-state index contributed by atoms with van der Waals surface area (Å²) in [6.07, 6.45) is 11.3. The van der Waals surface area contributed by atoms with E-state index < -0.39 is 20.3 Å². The van der Waals surface area contributed by atoms with E-state index in [9.17, 15) is 9.59 Å². The Kier molecular flexibility index (Phi) is 12.3. The van der Waals surface area contributed by atoms with Crippen LogP contribution >= 0.6 is 0 Å². The van der Waals surface area contributed by atoms with Crippen LogP contribution in [-0.2, 0) is 23.5 Å². The maximum Gasteiger partial charge on any atom is 0.338 e. The van der Waals surface area contributed by atoms with Gasteiger partial charge in [-0.05, 0) is 30.6 Å². The third-order valence-corrected chi connectivity index (χ3v) is 9.73. The average molecular weight is 413 g/mol. The second kappa shape index (κ2) is 12.9. The molecule has 0 heterocycles.